The van der Waals surface area contributed by atoms with Crippen LogP contribution >= 0.6 is 0 Å². The molecule has 3 atom stereocenters. The summed E-state index contributed by atoms with van der Waals surface area (Å²) >= 11 is 0. The molecule has 1 fully saturated rings. The largest absolute Gasteiger partial charge is 0.389 e. The number of hydrogen-bond acceptors (Lipinski definition) is 7. The van der Waals surface area contributed by atoms with Crippen LogP contribution in [0.2, 0.25) is 0 Å². The Labute approximate surface area is 241 Å². The van der Waals surface area contributed by atoms with Crippen molar-refractivity contribution < 1.29 is 22.7 Å². The number of ketones is 1. The van der Waals surface area contributed by atoms with Gasteiger partial charge in [0.25, 0.3) is 0 Å². The van der Waals surface area contributed by atoms with Crippen LogP contribution in [0, 0.1) is 5.92 Å². The summed E-state index contributed by atoms with van der Waals surface area (Å²) in [6.45, 7) is 2.23. The lowest BCUT2D eigenvalue weighted by Crippen LogP contribution is -2.54. The lowest BCUT2D eigenvalue weighted by molar-refractivity contribution is -0.140. The molecule has 0 radical (unpaired) electrons. The number of allylic oxidation sites excluding steroid dienone is 1. The van der Waals surface area contributed by atoms with Gasteiger partial charge in [-0.15, -0.1) is 0 Å². The molecule has 1 saturated heterocycles. The molecule has 3 aromatic rings. The third-order valence-electron chi connectivity index (χ3n) is 7.81. The molecule has 3 N–H and O–H groups in total. The second-order valence-electron chi connectivity index (χ2n) is 10.4. The fraction of sp³-hybridized carbons (Fsp3) is 0.312. The number of Topliss-reactive ketones (excluding diaryl/α,β-unsaturated/α-hetero) is 1. The number of aryl methyl sites for hydroxylation is 1. The van der Waals surface area contributed by atoms with Crippen LogP contribution in [-0.2, 0) is 37.1 Å². The van der Waals surface area contributed by atoms with Gasteiger partial charge in [-0.1, -0.05) is 72.8 Å². The van der Waals surface area contributed by atoms with Gasteiger partial charge in [-0.05, 0) is 47.7 Å². The van der Waals surface area contributed by atoms with Crippen molar-refractivity contribution in [1.29, 1.82) is 0 Å². The molecule has 2 aliphatic rings. The van der Waals surface area contributed by atoms with Gasteiger partial charge in [0, 0.05) is 25.6 Å². The van der Waals surface area contributed by atoms with E-state index < -0.39 is 27.7 Å². The van der Waals surface area contributed by atoms with Crippen LogP contribution in [0.3, 0.4) is 0 Å². The highest BCUT2D eigenvalue weighted by atomic mass is 32.2. The first-order valence-corrected chi connectivity index (χ1v) is 15.4. The Morgan fingerprint density at radius 1 is 0.951 bits per heavy atom. The quantitative estimate of drug-likeness (QED) is 0.404. The van der Waals surface area contributed by atoms with Gasteiger partial charge < -0.3 is 20.7 Å². The average molecular weight is 574 g/mol. The fourth-order valence-corrected chi connectivity index (χ4v) is 6.70. The zero-order valence-corrected chi connectivity index (χ0v) is 23.6. The third kappa shape index (κ3) is 6.43. The summed E-state index contributed by atoms with van der Waals surface area (Å²) in [5, 5.41) is 2.95. The van der Waals surface area contributed by atoms with Crippen LogP contribution < -0.4 is 11.1 Å². The van der Waals surface area contributed by atoms with E-state index in [1.54, 1.807) is 23.1 Å². The van der Waals surface area contributed by atoms with Gasteiger partial charge >= 0.3 is 0 Å². The summed E-state index contributed by atoms with van der Waals surface area (Å²) in [5.74, 6) is -1.98. The molecule has 8 nitrogen and oxygen atoms in total. The minimum Gasteiger partial charge on any atom is -0.389 e. The minimum absolute atomic E-state index is 0.0631. The van der Waals surface area contributed by atoms with Crippen LogP contribution in [-0.4, -0.2) is 57.4 Å². The van der Waals surface area contributed by atoms with Gasteiger partial charge in [-0.2, -0.15) is 0 Å². The predicted molar refractivity (Wildman–Crippen MR) is 156 cm³/mol. The summed E-state index contributed by atoms with van der Waals surface area (Å²) < 4.78 is 32.0. The topological polar surface area (TPSA) is 119 Å². The summed E-state index contributed by atoms with van der Waals surface area (Å²) in [6, 6.07) is 24.5. The Kier molecular flexibility index (Phi) is 8.97. The summed E-state index contributed by atoms with van der Waals surface area (Å²) in [4.78, 5) is 30.1. The maximum Gasteiger partial charge on any atom is 0.232 e. The molecule has 0 spiro atoms. The number of fused-ring (bicyclic) bond motifs is 1. The van der Waals surface area contributed by atoms with Gasteiger partial charge in [-0.25, -0.2) is 8.42 Å². The Balaban J connectivity index is 1.50. The molecule has 0 aromatic heterocycles. The molecule has 41 heavy (non-hydrogen) atoms. The number of sulfone groups is 1. The van der Waals surface area contributed by atoms with E-state index >= 15 is 0 Å². The van der Waals surface area contributed by atoms with E-state index in [4.69, 9.17) is 10.5 Å². The number of nitrogens with zero attached hydrogens (tertiary/aromatic N) is 1. The number of nitrogens with two attached hydrogens (primary N) is 1. The van der Waals surface area contributed by atoms with E-state index in [0.717, 1.165) is 16.7 Å². The van der Waals surface area contributed by atoms with Crippen molar-refractivity contribution in [2.75, 3.05) is 26.3 Å². The maximum absolute atomic E-state index is 14.4. The minimum atomic E-state index is -4.00. The number of rotatable bonds is 9. The van der Waals surface area contributed by atoms with Crippen molar-refractivity contribution in [3.63, 3.8) is 0 Å². The molecule has 3 aromatic carbocycles. The second kappa shape index (κ2) is 12.8. The number of nitrogens with one attached hydrogen (secondary N) is 1. The maximum atomic E-state index is 14.4. The molecule has 2 heterocycles. The smallest absolute Gasteiger partial charge is 0.232 e. The fourth-order valence-electron chi connectivity index (χ4n) is 5.57. The van der Waals surface area contributed by atoms with Gasteiger partial charge in [0.15, 0.2) is 5.78 Å². The number of amides is 1. The van der Waals surface area contributed by atoms with Gasteiger partial charge in [-0.3, -0.25) is 9.59 Å². The second-order valence-corrected chi connectivity index (χ2v) is 12.3. The lowest BCUT2D eigenvalue weighted by Gasteiger charge is -2.38. The summed E-state index contributed by atoms with van der Waals surface area (Å²) in [5.41, 5.74) is 9.02. The number of hydrogen-bond donors (Lipinski definition) is 2. The number of carbonyl (C=O) groups excluding carboxylic acids is 2. The molecule has 0 aliphatic carbocycles. The van der Waals surface area contributed by atoms with E-state index in [-0.39, 0.29) is 21.6 Å². The van der Waals surface area contributed by atoms with Crippen LogP contribution in [0.1, 0.15) is 29.0 Å². The van der Waals surface area contributed by atoms with Crippen molar-refractivity contribution in [1.82, 2.24) is 10.2 Å². The van der Waals surface area contributed by atoms with Gasteiger partial charge in [0.2, 0.25) is 15.7 Å². The molecule has 1 unspecified atom stereocenters. The Bertz CT molecular complexity index is 1500. The highest BCUT2D eigenvalue weighted by Gasteiger charge is 2.42. The number of benzene rings is 3. The van der Waals surface area contributed by atoms with Crippen molar-refractivity contribution in [3.8, 4) is 0 Å². The highest BCUT2D eigenvalue weighted by Crippen LogP contribution is 2.33. The van der Waals surface area contributed by atoms with Crippen molar-refractivity contribution in [3.05, 3.63) is 113 Å². The molecule has 0 bridgehead atoms. The first-order chi connectivity index (χ1) is 19.9. The zero-order valence-electron chi connectivity index (χ0n) is 22.8. The standard InChI is InChI=1S/C32H35N3O5S/c33-28(41(38,39)26-12-5-2-6-13-26)21-24(16-15-23-9-3-1-4-10-23)31(36)30-29(32(37)35-17-19-40-20-18-35)27-14-8-7-11-25(27)22-34-30/h1-14,21,24,29-30,34H,15-20,22,33H2/b28-21+/t24-,29?,30-/m0/s1. The van der Waals surface area contributed by atoms with E-state index in [1.807, 2.05) is 54.6 Å². The molecule has 214 valence electrons. The van der Waals surface area contributed by atoms with Crippen LogP contribution in [0.15, 0.2) is 101 Å². The zero-order chi connectivity index (χ0) is 28.8. The summed E-state index contributed by atoms with van der Waals surface area (Å²) in [7, 11) is -4.00. The van der Waals surface area contributed by atoms with E-state index in [0.29, 0.717) is 45.7 Å². The summed E-state index contributed by atoms with van der Waals surface area (Å²) in [6.07, 6.45) is 2.25. The van der Waals surface area contributed by atoms with Crippen molar-refractivity contribution in [2.24, 2.45) is 11.7 Å². The van der Waals surface area contributed by atoms with Crippen LogP contribution in [0.25, 0.3) is 0 Å². The third-order valence-corrected chi connectivity index (χ3v) is 9.46. The molecule has 2 aliphatic heterocycles. The van der Waals surface area contributed by atoms with Gasteiger partial charge in [0.05, 0.1) is 30.1 Å². The molecular formula is C32H35N3O5S. The van der Waals surface area contributed by atoms with Crippen LogP contribution in [0.4, 0.5) is 0 Å². The predicted octanol–water partition coefficient (Wildman–Crippen LogP) is 3.19. The molecule has 1 amide bonds. The Hall–Kier alpha value is -3.79. The van der Waals surface area contributed by atoms with E-state index in [1.165, 1.54) is 18.2 Å². The molecule has 5 rings (SSSR count). The van der Waals surface area contributed by atoms with Crippen molar-refractivity contribution in [2.45, 2.75) is 36.2 Å². The van der Waals surface area contributed by atoms with E-state index in [9.17, 15) is 18.0 Å². The van der Waals surface area contributed by atoms with Crippen LogP contribution in [0.5, 0.6) is 0 Å². The lowest BCUT2D eigenvalue weighted by atomic mass is 9.78. The average Bonchev–Trinajstić information content (AvgIpc) is 3.03. The first-order valence-electron chi connectivity index (χ1n) is 13.9. The molecule has 0 saturated carbocycles. The normalized spacial score (nSPS) is 20.2. The monoisotopic (exact) mass is 573 g/mol. The van der Waals surface area contributed by atoms with E-state index in [2.05, 4.69) is 5.32 Å². The Morgan fingerprint density at radius 2 is 1.59 bits per heavy atom. The molecule has 9 heteroatoms. The van der Waals surface area contributed by atoms with Crippen molar-refractivity contribution >= 4 is 21.5 Å². The first kappa shape index (κ1) is 28.7. The number of ether oxygens (including phenoxy) is 1. The highest BCUT2D eigenvalue weighted by molar-refractivity contribution is 7.95. The number of carbonyl (C=O) groups is 2. The molecular weight excluding hydrogens is 538 g/mol. The van der Waals surface area contributed by atoms with Gasteiger partial charge in [0.1, 0.15) is 5.03 Å². The number of morpholine rings is 1. The Morgan fingerprint density at radius 3 is 2.29 bits per heavy atom. The SMILES string of the molecule is N/C(=C\[C@H](CCc1ccccc1)C(=O)[C@H]1NCc2ccccc2C1C(=O)N1CCOCC1)S(=O)(=O)c1ccccc1.